The highest BCUT2D eigenvalue weighted by Crippen LogP contribution is 2.21. The van der Waals surface area contributed by atoms with Crippen LogP contribution in [0.3, 0.4) is 0 Å². The number of halogens is 2. The molecular weight excluding hydrogens is 225 g/mol. The van der Waals surface area contributed by atoms with Crippen molar-refractivity contribution in [3.05, 3.63) is 29.6 Å². The van der Waals surface area contributed by atoms with Crippen LogP contribution in [0.15, 0.2) is 18.2 Å². The lowest BCUT2D eigenvalue weighted by Gasteiger charge is -2.09. The van der Waals surface area contributed by atoms with Gasteiger partial charge in [0.05, 0.1) is 6.42 Å². The average molecular weight is 236 g/mol. The number of rotatable bonds is 3. The Hall–Kier alpha value is -1.33. The average Bonchev–Trinajstić information content (AvgIpc) is 2.08. The highest BCUT2D eigenvalue weighted by atomic mass is 35.5. The van der Waals surface area contributed by atoms with Gasteiger partial charge in [-0.3, -0.25) is 4.79 Å². The summed E-state index contributed by atoms with van der Waals surface area (Å²) < 4.78 is 12.6. The molecule has 84 valence electrons. The number of phenols is 1. The number of phenolic OH excluding ortho intramolecular Hbond substituents is 1. The third-order valence-electron chi connectivity index (χ3n) is 1.79. The summed E-state index contributed by atoms with van der Waals surface area (Å²) in [6.07, 6.45) is -0.259. The van der Waals surface area contributed by atoms with Gasteiger partial charge in [0.1, 0.15) is 0 Å². The van der Waals surface area contributed by atoms with Crippen molar-refractivity contribution < 1.29 is 19.4 Å². The summed E-state index contributed by atoms with van der Waals surface area (Å²) in [4.78, 5) is 10.3. The fraction of sp³-hybridized carbons (Fsp3) is 0.222. The van der Waals surface area contributed by atoms with Gasteiger partial charge in [0.15, 0.2) is 11.6 Å². The molecule has 0 heterocycles. The maximum absolute atomic E-state index is 12.6. The standard InChI is InChI=1S/C9H10FNO3.ClH/c10-6-2-1-5(3-8(6)12)7(11)4-9(13)14;/h1-3,7,12H,4,11H2,(H,13,14);1H/t7-;/m1./s1. The van der Waals surface area contributed by atoms with Gasteiger partial charge in [-0.25, -0.2) is 4.39 Å². The summed E-state index contributed by atoms with van der Waals surface area (Å²) in [6.45, 7) is 0. The first-order valence-electron chi connectivity index (χ1n) is 3.96. The minimum absolute atomic E-state index is 0. The van der Waals surface area contributed by atoms with Gasteiger partial charge in [0, 0.05) is 6.04 Å². The molecule has 0 bridgehead atoms. The van der Waals surface area contributed by atoms with Gasteiger partial charge in [0.25, 0.3) is 0 Å². The van der Waals surface area contributed by atoms with Crippen molar-refractivity contribution in [2.45, 2.75) is 12.5 Å². The second kappa shape index (κ2) is 5.53. The van der Waals surface area contributed by atoms with Crippen molar-refractivity contribution in [2.24, 2.45) is 5.73 Å². The number of carboxylic acids is 1. The molecule has 0 radical (unpaired) electrons. The van der Waals surface area contributed by atoms with Crippen molar-refractivity contribution in [1.29, 1.82) is 0 Å². The van der Waals surface area contributed by atoms with Crippen LogP contribution < -0.4 is 5.73 Å². The van der Waals surface area contributed by atoms with Crippen LogP contribution in [-0.2, 0) is 4.79 Å². The molecule has 0 saturated heterocycles. The molecule has 0 aliphatic heterocycles. The number of carboxylic acid groups (broad SMARTS) is 1. The minimum Gasteiger partial charge on any atom is -0.505 e. The number of hydrogen-bond acceptors (Lipinski definition) is 3. The van der Waals surface area contributed by atoms with Gasteiger partial charge in [0.2, 0.25) is 0 Å². The van der Waals surface area contributed by atoms with Gasteiger partial charge in [-0.1, -0.05) is 6.07 Å². The third-order valence-corrected chi connectivity index (χ3v) is 1.79. The molecule has 0 saturated carbocycles. The van der Waals surface area contributed by atoms with E-state index >= 15 is 0 Å². The van der Waals surface area contributed by atoms with E-state index in [-0.39, 0.29) is 18.8 Å². The first-order chi connectivity index (χ1) is 6.50. The first kappa shape index (κ1) is 13.7. The Morgan fingerprint density at radius 1 is 1.53 bits per heavy atom. The van der Waals surface area contributed by atoms with E-state index in [1.165, 1.54) is 6.07 Å². The van der Waals surface area contributed by atoms with E-state index in [0.29, 0.717) is 5.56 Å². The predicted molar refractivity (Wildman–Crippen MR) is 54.5 cm³/mol. The molecule has 6 heteroatoms. The lowest BCUT2D eigenvalue weighted by atomic mass is 10.0. The van der Waals surface area contributed by atoms with E-state index < -0.39 is 23.6 Å². The summed E-state index contributed by atoms with van der Waals surface area (Å²) >= 11 is 0. The zero-order chi connectivity index (χ0) is 10.7. The Labute approximate surface area is 91.9 Å². The van der Waals surface area contributed by atoms with Crippen molar-refractivity contribution in [1.82, 2.24) is 0 Å². The number of carbonyl (C=O) groups is 1. The number of nitrogens with two attached hydrogens (primary N) is 1. The number of aliphatic carboxylic acids is 1. The molecule has 0 fully saturated rings. The second-order valence-electron chi connectivity index (χ2n) is 2.92. The molecule has 1 aromatic rings. The van der Waals surface area contributed by atoms with Gasteiger partial charge in [-0.15, -0.1) is 12.4 Å². The zero-order valence-electron chi connectivity index (χ0n) is 7.68. The molecule has 0 aliphatic rings. The van der Waals surface area contributed by atoms with Crippen LogP contribution in [0.1, 0.15) is 18.0 Å². The van der Waals surface area contributed by atoms with Crippen molar-refractivity contribution in [2.75, 3.05) is 0 Å². The number of benzene rings is 1. The van der Waals surface area contributed by atoms with Crippen LogP contribution in [0.4, 0.5) is 4.39 Å². The summed E-state index contributed by atoms with van der Waals surface area (Å²) in [5, 5.41) is 17.5. The van der Waals surface area contributed by atoms with E-state index in [4.69, 9.17) is 15.9 Å². The normalized spacial score (nSPS) is 11.6. The lowest BCUT2D eigenvalue weighted by molar-refractivity contribution is -0.137. The van der Waals surface area contributed by atoms with Crippen LogP contribution >= 0.6 is 12.4 Å². The Balaban J connectivity index is 0.00000196. The smallest absolute Gasteiger partial charge is 0.305 e. The summed E-state index contributed by atoms with van der Waals surface area (Å²) in [7, 11) is 0. The van der Waals surface area contributed by atoms with Crippen LogP contribution in [0.2, 0.25) is 0 Å². The number of hydrogen-bond donors (Lipinski definition) is 3. The molecule has 1 atom stereocenters. The van der Waals surface area contributed by atoms with E-state index in [0.717, 1.165) is 12.1 Å². The fourth-order valence-electron chi connectivity index (χ4n) is 1.07. The fourth-order valence-corrected chi connectivity index (χ4v) is 1.07. The molecule has 0 aromatic heterocycles. The maximum atomic E-state index is 12.6. The summed E-state index contributed by atoms with van der Waals surface area (Å²) in [5.74, 6) is -2.32. The third kappa shape index (κ3) is 3.73. The quantitative estimate of drug-likeness (QED) is 0.740. The van der Waals surface area contributed by atoms with Crippen LogP contribution in [0.25, 0.3) is 0 Å². The van der Waals surface area contributed by atoms with Gasteiger partial charge in [-0.05, 0) is 17.7 Å². The first-order valence-corrected chi connectivity index (χ1v) is 3.96. The Morgan fingerprint density at radius 3 is 2.60 bits per heavy atom. The van der Waals surface area contributed by atoms with E-state index in [1.54, 1.807) is 0 Å². The molecule has 0 amide bonds. The van der Waals surface area contributed by atoms with Gasteiger partial charge >= 0.3 is 5.97 Å². The van der Waals surface area contributed by atoms with E-state index in [2.05, 4.69) is 0 Å². The largest absolute Gasteiger partial charge is 0.505 e. The van der Waals surface area contributed by atoms with Crippen molar-refractivity contribution in [3.8, 4) is 5.75 Å². The molecule has 0 spiro atoms. The molecule has 1 aromatic carbocycles. The SMILES string of the molecule is Cl.N[C@H](CC(=O)O)c1ccc(F)c(O)c1. The molecular formula is C9H11ClFNO3. The molecule has 4 N–H and O–H groups in total. The Morgan fingerprint density at radius 2 is 2.13 bits per heavy atom. The van der Waals surface area contributed by atoms with E-state index in [1.807, 2.05) is 0 Å². The van der Waals surface area contributed by atoms with Crippen molar-refractivity contribution in [3.63, 3.8) is 0 Å². The highest BCUT2D eigenvalue weighted by Gasteiger charge is 2.12. The Bertz CT molecular complexity index is 359. The predicted octanol–water partition coefficient (Wildman–Crippen LogP) is 1.43. The van der Waals surface area contributed by atoms with Crippen LogP contribution in [0, 0.1) is 5.82 Å². The lowest BCUT2D eigenvalue weighted by Crippen LogP contribution is -2.14. The van der Waals surface area contributed by atoms with Crippen molar-refractivity contribution >= 4 is 18.4 Å². The molecule has 4 nitrogen and oxygen atoms in total. The minimum atomic E-state index is -1.04. The highest BCUT2D eigenvalue weighted by molar-refractivity contribution is 5.85. The zero-order valence-corrected chi connectivity index (χ0v) is 8.50. The monoisotopic (exact) mass is 235 g/mol. The molecule has 0 unspecified atom stereocenters. The Kier molecular flexibility index (Phi) is 5.04. The van der Waals surface area contributed by atoms with E-state index in [9.17, 15) is 9.18 Å². The van der Waals surface area contributed by atoms with Crippen LogP contribution in [0.5, 0.6) is 5.75 Å². The van der Waals surface area contributed by atoms with Gasteiger partial charge in [-0.2, -0.15) is 0 Å². The molecule has 1 rings (SSSR count). The maximum Gasteiger partial charge on any atom is 0.305 e. The topological polar surface area (TPSA) is 83.6 Å². The molecule has 0 aliphatic carbocycles. The van der Waals surface area contributed by atoms with Gasteiger partial charge < -0.3 is 15.9 Å². The second-order valence-corrected chi connectivity index (χ2v) is 2.92. The molecule has 15 heavy (non-hydrogen) atoms. The van der Waals surface area contributed by atoms with Crippen LogP contribution in [-0.4, -0.2) is 16.2 Å². The summed E-state index contributed by atoms with van der Waals surface area (Å²) in [5.41, 5.74) is 5.90. The number of aromatic hydroxyl groups is 1. The summed E-state index contributed by atoms with van der Waals surface area (Å²) in [6, 6.07) is 2.79.